The Kier molecular flexibility index (Phi) is 2.46. The molecule has 0 aliphatic rings. The summed E-state index contributed by atoms with van der Waals surface area (Å²) in [6, 6.07) is 10.4. The van der Waals surface area contributed by atoms with Crippen LogP contribution < -0.4 is 5.56 Å². The molecule has 0 saturated heterocycles. The quantitative estimate of drug-likeness (QED) is 0.750. The van der Waals surface area contributed by atoms with E-state index in [0.717, 1.165) is 17.4 Å². The lowest BCUT2D eigenvalue weighted by Crippen LogP contribution is -2.01. The fourth-order valence-electron chi connectivity index (χ4n) is 1.38. The van der Waals surface area contributed by atoms with Crippen molar-refractivity contribution >= 4 is 6.29 Å². The molecule has 1 N–H and O–H groups in total. The number of hydrogen-bond donors (Lipinski definition) is 1. The van der Waals surface area contributed by atoms with Crippen molar-refractivity contribution in [2.75, 3.05) is 0 Å². The number of aldehydes is 1. The smallest absolute Gasteiger partial charge is 0.248 e. The van der Waals surface area contributed by atoms with Crippen LogP contribution in [0.4, 0.5) is 0 Å². The van der Waals surface area contributed by atoms with Gasteiger partial charge in [0.05, 0.1) is 0 Å². The zero-order chi connectivity index (χ0) is 10.7. The van der Waals surface area contributed by atoms with Crippen LogP contribution in [0.5, 0.6) is 0 Å². The van der Waals surface area contributed by atoms with Gasteiger partial charge in [0.2, 0.25) is 5.56 Å². The lowest BCUT2D eigenvalue weighted by Gasteiger charge is -2.00. The Hall–Kier alpha value is -2.16. The highest BCUT2D eigenvalue weighted by Gasteiger charge is 1.97. The van der Waals surface area contributed by atoms with Crippen molar-refractivity contribution in [1.82, 2.24) is 4.98 Å². The minimum atomic E-state index is -0.132. The van der Waals surface area contributed by atoms with Crippen LogP contribution in [0.3, 0.4) is 0 Å². The number of benzene rings is 1. The normalized spacial score (nSPS) is 9.87. The van der Waals surface area contributed by atoms with E-state index in [1.807, 2.05) is 18.2 Å². The monoisotopic (exact) mass is 199 g/mol. The molecule has 0 unspecified atom stereocenters. The molecule has 0 bridgehead atoms. The summed E-state index contributed by atoms with van der Waals surface area (Å²) in [4.78, 5) is 24.1. The van der Waals surface area contributed by atoms with Gasteiger partial charge in [-0.05, 0) is 17.2 Å². The minimum absolute atomic E-state index is 0.132. The van der Waals surface area contributed by atoms with Gasteiger partial charge < -0.3 is 4.98 Å². The Balaban J connectivity index is 2.45. The molecule has 2 aromatic rings. The highest BCUT2D eigenvalue weighted by molar-refractivity contribution is 5.76. The molecule has 0 atom stereocenters. The number of hydrogen-bond acceptors (Lipinski definition) is 2. The molecule has 3 nitrogen and oxygen atoms in total. The van der Waals surface area contributed by atoms with Crippen molar-refractivity contribution in [3.8, 4) is 11.1 Å². The molecule has 0 amide bonds. The van der Waals surface area contributed by atoms with E-state index in [1.54, 1.807) is 18.3 Å². The zero-order valence-electron chi connectivity index (χ0n) is 7.94. The molecule has 0 aliphatic heterocycles. The molecule has 1 heterocycles. The molecule has 0 radical (unpaired) electrons. The predicted molar refractivity (Wildman–Crippen MR) is 57.9 cm³/mol. The third kappa shape index (κ3) is 2.02. The van der Waals surface area contributed by atoms with E-state index in [9.17, 15) is 9.59 Å². The third-order valence-corrected chi connectivity index (χ3v) is 2.16. The first kappa shape index (κ1) is 9.40. The first-order chi connectivity index (χ1) is 7.29. The van der Waals surface area contributed by atoms with Crippen molar-refractivity contribution in [1.29, 1.82) is 0 Å². The SMILES string of the molecule is O=Cc1ccc(-c2cc[nH]c(=O)c2)cc1. The van der Waals surface area contributed by atoms with Crippen LogP contribution in [0.15, 0.2) is 47.4 Å². The van der Waals surface area contributed by atoms with Crippen LogP contribution in [0.25, 0.3) is 11.1 Å². The molecule has 1 aromatic heterocycles. The maximum Gasteiger partial charge on any atom is 0.248 e. The second-order valence-corrected chi connectivity index (χ2v) is 3.18. The Morgan fingerprint density at radius 2 is 1.73 bits per heavy atom. The molecular formula is C12H9NO2. The van der Waals surface area contributed by atoms with Crippen molar-refractivity contribution in [2.24, 2.45) is 0 Å². The summed E-state index contributed by atoms with van der Waals surface area (Å²) in [5.41, 5.74) is 2.26. The standard InChI is InChI=1S/C12H9NO2/c14-8-9-1-3-10(4-2-9)11-5-6-13-12(15)7-11/h1-8H,(H,13,15). The third-order valence-electron chi connectivity index (χ3n) is 2.16. The average Bonchev–Trinajstić information content (AvgIpc) is 2.29. The number of carbonyl (C=O) groups excluding carboxylic acids is 1. The topological polar surface area (TPSA) is 49.9 Å². The number of rotatable bonds is 2. The number of carbonyl (C=O) groups is 1. The Morgan fingerprint density at radius 3 is 2.33 bits per heavy atom. The molecule has 74 valence electrons. The first-order valence-electron chi connectivity index (χ1n) is 4.54. The van der Waals surface area contributed by atoms with Gasteiger partial charge in [0.15, 0.2) is 0 Å². The first-order valence-corrected chi connectivity index (χ1v) is 4.54. The largest absolute Gasteiger partial charge is 0.329 e. The highest BCUT2D eigenvalue weighted by atomic mass is 16.1. The van der Waals surface area contributed by atoms with Gasteiger partial charge in [-0.25, -0.2) is 0 Å². The van der Waals surface area contributed by atoms with Crippen molar-refractivity contribution in [2.45, 2.75) is 0 Å². The van der Waals surface area contributed by atoms with Gasteiger partial charge in [-0.2, -0.15) is 0 Å². The summed E-state index contributed by atoms with van der Waals surface area (Å²) in [7, 11) is 0. The maximum atomic E-state index is 11.1. The second kappa shape index (κ2) is 3.92. The number of aromatic amines is 1. The van der Waals surface area contributed by atoms with Gasteiger partial charge in [0.25, 0.3) is 0 Å². The lowest BCUT2D eigenvalue weighted by atomic mass is 10.1. The Labute approximate surface area is 86.4 Å². The molecule has 15 heavy (non-hydrogen) atoms. The molecule has 1 aromatic carbocycles. The van der Waals surface area contributed by atoms with E-state index in [4.69, 9.17) is 0 Å². The van der Waals surface area contributed by atoms with Crippen LogP contribution in [-0.2, 0) is 0 Å². The van der Waals surface area contributed by atoms with Crippen LogP contribution in [0.2, 0.25) is 0 Å². The van der Waals surface area contributed by atoms with Crippen molar-refractivity contribution < 1.29 is 4.79 Å². The van der Waals surface area contributed by atoms with Crippen molar-refractivity contribution in [3.63, 3.8) is 0 Å². The summed E-state index contributed by atoms with van der Waals surface area (Å²) in [6.45, 7) is 0. The van der Waals surface area contributed by atoms with E-state index in [-0.39, 0.29) is 5.56 Å². The van der Waals surface area contributed by atoms with Crippen LogP contribution >= 0.6 is 0 Å². The van der Waals surface area contributed by atoms with E-state index >= 15 is 0 Å². The fraction of sp³-hybridized carbons (Fsp3) is 0. The van der Waals surface area contributed by atoms with Gasteiger partial charge in [0.1, 0.15) is 6.29 Å². The molecule has 0 spiro atoms. The van der Waals surface area contributed by atoms with E-state index in [2.05, 4.69) is 4.98 Å². The second-order valence-electron chi connectivity index (χ2n) is 3.18. The predicted octanol–water partition coefficient (Wildman–Crippen LogP) is 1.85. The van der Waals surface area contributed by atoms with Gasteiger partial charge in [-0.1, -0.05) is 24.3 Å². The molecule has 2 rings (SSSR count). The van der Waals surface area contributed by atoms with E-state index < -0.39 is 0 Å². The summed E-state index contributed by atoms with van der Waals surface area (Å²) in [6.07, 6.45) is 2.40. The maximum absolute atomic E-state index is 11.1. The molecular weight excluding hydrogens is 190 g/mol. The molecule has 0 aliphatic carbocycles. The number of aromatic nitrogens is 1. The van der Waals surface area contributed by atoms with Crippen molar-refractivity contribution in [3.05, 3.63) is 58.5 Å². The van der Waals surface area contributed by atoms with Crippen LogP contribution in [-0.4, -0.2) is 11.3 Å². The average molecular weight is 199 g/mol. The van der Waals surface area contributed by atoms with Crippen LogP contribution in [0.1, 0.15) is 10.4 Å². The molecule has 0 saturated carbocycles. The Bertz CT molecular complexity index is 526. The summed E-state index contributed by atoms with van der Waals surface area (Å²) in [5, 5.41) is 0. The molecule has 0 fully saturated rings. The minimum Gasteiger partial charge on any atom is -0.329 e. The number of H-pyrrole nitrogens is 1. The van der Waals surface area contributed by atoms with E-state index in [0.29, 0.717) is 5.56 Å². The Morgan fingerprint density at radius 1 is 1.00 bits per heavy atom. The van der Waals surface area contributed by atoms with Gasteiger partial charge >= 0.3 is 0 Å². The summed E-state index contributed by atoms with van der Waals surface area (Å²) < 4.78 is 0. The number of nitrogens with one attached hydrogen (secondary N) is 1. The zero-order valence-corrected chi connectivity index (χ0v) is 7.94. The van der Waals surface area contributed by atoms with E-state index in [1.165, 1.54) is 6.07 Å². The summed E-state index contributed by atoms with van der Waals surface area (Å²) in [5.74, 6) is 0. The number of pyridine rings is 1. The fourth-order valence-corrected chi connectivity index (χ4v) is 1.38. The molecule has 3 heteroatoms. The van der Waals surface area contributed by atoms with Gasteiger partial charge in [-0.15, -0.1) is 0 Å². The lowest BCUT2D eigenvalue weighted by molar-refractivity contribution is 0.112. The highest BCUT2D eigenvalue weighted by Crippen LogP contribution is 2.16. The van der Waals surface area contributed by atoms with Crippen LogP contribution in [0, 0.1) is 0 Å². The van der Waals surface area contributed by atoms with Gasteiger partial charge in [0, 0.05) is 17.8 Å². The summed E-state index contributed by atoms with van der Waals surface area (Å²) >= 11 is 0. The van der Waals surface area contributed by atoms with Gasteiger partial charge in [-0.3, -0.25) is 9.59 Å².